The first-order valence-electron chi connectivity index (χ1n) is 3.50. The summed E-state index contributed by atoms with van der Waals surface area (Å²) in [4.78, 5) is 1.44. The van der Waals surface area contributed by atoms with E-state index in [0.29, 0.717) is 0 Å². The maximum absolute atomic E-state index is 4.23. The minimum atomic E-state index is 0.756. The van der Waals surface area contributed by atoms with Crippen molar-refractivity contribution in [2.24, 2.45) is 0 Å². The highest BCUT2D eigenvalue weighted by molar-refractivity contribution is 7.05. The Hall–Kier alpha value is -0.410. The van der Waals surface area contributed by atoms with Crippen LogP contribution in [-0.4, -0.2) is 17.5 Å². The van der Waals surface area contributed by atoms with Crippen LogP contribution in [-0.2, 0) is 0 Å². The monoisotopic (exact) mass is 154 g/mol. The fourth-order valence-corrected chi connectivity index (χ4v) is 1.91. The van der Waals surface area contributed by atoms with Crippen LogP contribution < -0.4 is 5.32 Å². The molecule has 1 aliphatic heterocycles. The molecule has 2 nitrogen and oxygen atoms in total. The van der Waals surface area contributed by atoms with Gasteiger partial charge >= 0.3 is 0 Å². The lowest BCUT2D eigenvalue weighted by atomic mass is 10.0. The standard InChI is InChI=1S/C7H10N2S/c1-5-2-7(10-9-5)6-3-8-4-6/h2,6,8H,3-4H2,1H3. The summed E-state index contributed by atoms with van der Waals surface area (Å²) in [5.74, 6) is 0.756. The molecule has 0 saturated carbocycles. The summed E-state index contributed by atoms with van der Waals surface area (Å²) < 4.78 is 4.23. The Morgan fingerprint density at radius 2 is 2.50 bits per heavy atom. The van der Waals surface area contributed by atoms with Gasteiger partial charge in [-0.3, -0.25) is 0 Å². The highest BCUT2D eigenvalue weighted by Gasteiger charge is 2.20. The van der Waals surface area contributed by atoms with E-state index in [2.05, 4.69) is 15.8 Å². The van der Waals surface area contributed by atoms with Gasteiger partial charge in [0.05, 0.1) is 5.69 Å². The van der Waals surface area contributed by atoms with Gasteiger partial charge in [-0.1, -0.05) is 0 Å². The molecule has 0 aromatic carbocycles. The van der Waals surface area contributed by atoms with Crippen molar-refractivity contribution in [3.8, 4) is 0 Å². The van der Waals surface area contributed by atoms with Crippen LogP contribution in [0, 0.1) is 6.92 Å². The van der Waals surface area contributed by atoms with Crippen molar-refractivity contribution in [1.29, 1.82) is 0 Å². The number of aryl methyl sites for hydroxylation is 1. The van der Waals surface area contributed by atoms with Crippen molar-refractivity contribution in [3.63, 3.8) is 0 Å². The Labute approximate surface area is 64.4 Å². The van der Waals surface area contributed by atoms with Crippen LogP contribution in [0.2, 0.25) is 0 Å². The highest BCUT2D eigenvalue weighted by Crippen LogP contribution is 2.23. The fourth-order valence-electron chi connectivity index (χ4n) is 1.07. The maximum Gasteiger partial charge on any atom is 0.0514 e. The fraction of sp³-hybridized carbons (Fsp3) is 0.571. The molecule has 0 radical (unpaired) electrons. The van der Waals surface area contributed by atoms with Crippen molar-refractivity contribution in [3.05, 3.63) is 16.6 Å². The molecule has 1 fully saturated rings. The summed E-state index contributed by atoms with van der Waals surface area (Å²) >= 11 is 1.64. The van der Waals surface area contributed by atoms with E-state index in [1.54, 1.807) is 11.5 Å². The molecule has 0 atom stereocenters. The minimum Gasteiger partial charge on any atom is -0.315 e. The summed E-state index contributed by atoms with van der Waals surface area (Å²) in [6.07, 6.45) is 0. The first-order chi connectivity index (χ1) is 4.86. The molecule has 0 spiro atoms. The van der Waals surface area contributed by atoms with Gasteiger partial charge in [0.15, 0.2) is 0 Å². The molecule has 0 bridgehead atoms. The van der Waals surface area contributed by atoms with Gasteiger partial charge in [0.1, 0.15) is 0 Å². The van der Waals surface area contributed by atoms with E-state index >= 15 is 0 Å². The number of nitrogens with zero attached hydrogens (tertiary/aromatic N) is 1. The van der Waals surface area contributed by atoms with Crippen LogP contribution in [0.5, 0.6) is 0 Å². The number of aromatic nitrogens is 1. The Balaban J connectivity index is 2.17. The van der Waals surface area contributed by atoms with E-state index in [1.807, 2.05) is 6.92 Å². The third-order valence-electron chi connectivity index (χ3n) is 1.83. The molecular weight excluding hydrogens is 144 g/mol. The van der Waals surface area contributed by atoms with Crippen LogP contribution in [0.15, 0.2) is 6.07 Å². The molecule has 10 heavy (non-hydrogen) atoms. The van der Waals surface area contributed by atoms with E-state index in [0.717, 1.165) is 24.7 Å². The topological polar surface area (TPSA) is 24.9 Å². The van der Waals surface area contributed by atoms with Crippen molar-refractivity contribution in [2.75, 3.05) is 13.1 Å². The maximum atomic E-state index is 4.23. The van der Waals surface area contributed by atoms with Gasteiger partial charge in [0.2, 0.25) is 0 Å². The molecule has 2 rings (SSSR count). The molecule has 1 N–H and O–H groups in total. The average molecular weight is 154 g/mol. The molecule has 0 unspecified atom stereocenters. The third kappa shape index (κ3) is 0.954. The molecule has 1 aromatic rings. The zero-order chi connectivity index (χ0) is 6.97. The van der Waals surface area contributed by atoms with Crippen LogP contribution in [0.1, 0.15) is 16.5 Å². The number of rotatable bonds is 1. The lowest BCUT2D eigenvalue weighted by molar-refractivity contribution is 0.454. The summed E-state index contributed by atoms with van der Waals surface area (Å²) in [6.45, 7) is 4.33. The summed E-state index contributed by atoms with van der Waals surface area (Å²) in [6, 6.07) is 2.19. The van der Waals surface area contributed by atoms with E-state index in [-0.39, 0.29) is 0 Å². The first-order valence-corrected chi connectivity index (χ1v) is 4.27. The molecule has 0 aliphatic carbocycles. The normalized spacial score (nSPS) is 18.9. The molecular formula is C7H10N2S. The van der Waals surface area contributed by atoms with Gasteiger partial charge in [0, 0.05) is 23.9 Å². The van der Waals surface area contributed by atoms with Crippen molar-refractivity contribution in [1.82, 2.24) is 9.69 Å². The molecule has 54 valence electrons. The lowest BCUT2D eigenvalue weighted by Gasteiger charge is -2.25. The van der Waals surface area contributed by atoms with Gasteiger partial charge in [-0.25, -0.2) is 0 Å². The molecule has 1 aliphatic rings. The van der Waals surface area contributed by atoms with E-state index < -0.39 is 0 Å². The zero-order valence-corrected chi connectivity index (χ0v) is 6.74. The van der Waals surface area contributed by atoms with Crippen LogP contribution >= 0.6 is 11.5 Å². The van der Waals surface area contributed by atoms with E-state index in [9.17, 15) is 0 Å². The molecule has 1 saturated heterocycles. The third-order valence-corrected chi connectivity index (χ3v) is 2.87. The van der Waals surface area contributed by atoms with Gasteiger partial charge in [-0.2, -0.15) is 4.37 Å². The Bertz CT molecular complexity index is 227. The van der Waals surface area contributed by atoms with Gasteiger partial charge in [-0.05, 0) is 24.5 Å². The zero-order valence-electron chi connectivity index (χ0n) is 5.92. The van der Waals surface area contributed by atoms with Gasteiger partial charge in [-0.15, -0.1) is 0 Å². The Morgan fingerprint density at radius 3 is 2.90 bits per heavy atom. The van der Waals surface area contributed by atoms with Crippen LogP contribution in [0.3, 0.4) is 0 Å². The predicted molar refractivity (Wildman–Crippen MR) is 42.5 cm³/mol. The number of hydrogen-bond acceptors (Lipinski definition) is 3. The van der Waals surface area contributed by atoms with Crippen LogP contribution in [0.4, 0.5) is 0 Å². The van der Waals surface area contributed by atoms with Crippen LogP contribution in [0.25, 0.3) is 0 Å². The van der Waals surface area contributed by atoms with Gasteiger partial charge < -0.3 is 5.32 Å². The summed E-state index contributed by atoms with van der Waals surface area (Å²) in [5, 5.41) is 3.25. The highest BCUT2D eigenvalue weighted by atomic mass is 32.1. The predicted octanol–water partition coefficient (Wildman–Crippen LogP) is 1.14. The van der Waals surface area contributed by atoms with Crippen molar-refractivity contribution in [2.45, 2.75) is 12.8 Å². The Kier molecular flexibility index (Phi) is 1.47. The van der Waals surface area contributed by atoms with Crippen molar-refractivity contribution < 1.29 is 0 Å². The van der Waals surface area contributed by atoms with Crippen molar-refractivity contribution >= 4 is 11.5 Å². The lowest BCUT2D eigenvalue weighted by Crippen LogP contribution is -2.39. The van der Waals surface area contributed by atoms with E-state index in [4.69, 9.17) is 0 Å². The second-order valence-electron chi connectivity index (χ2n) is 2.73. The average Bonchev–Trinajstić information content (AvgIpc) is 2.10. The number of nitrogens with one attached hydrogen (secondary N) is 1. The quantitative estimate of drug-likeness (QED) is 0.656. The second-order valence-corrected chi connectivity index (χ2v) is 3.56. The summed E-state index contributed by atoms with van der Waals surface area (Å²) in [5.41, 5.74) is 1.16. The molecule has 1 aromatic heterocycles. The SMILES string of the molecule is Cc1cc(C2CNC2)sn1. The second kappa shape index (κ2) is 2.32. The molecule has 0 amide bonds. The minimum absolute atomic E-state index is 0.756. The first kappa shape index (κ1) is 6.31. The Morgan fingerprint density at radius 1 is 1.70 bits per heavy atom. The van der Waals surface area contributed by atoms with Gasteiger partial charge in [0.25, 0.3) is 0 Å². The summed E-state index contributed by atoms with van der Waals surface area (Å²) in [7, 11) is 0. The molecule has 2 heterocycles. The largest absolute Gasteiger partial charge is 0.315 e. The smallest absolute Gasteiger partial charge is 0.0514 e. The van der Waals surface area contributed by atoms with E-state index in [1.165, 1.54) is 4.88 Å². The number of hydrogen-bond donors (Lipinski definition) is 1. The molecule has 3 heteroatoms.